The van der Waals surface area contributed by atoms with Crippen molar-refractivity contribution in [3.63, 3.8) is 0 Å². The van der Waals surface area contributed by atoms with E-state index in [1.807, 2.05) is 12.1 Å². The van der Waals surface area contributed by atoms with Crippen LogP contribution in [0.3, 0.4) is 0 Å². The van der Waals surface area contributed by atoms with Crippen molar-refractivity contribution in [1.29, 1.82) is 0 Å². The fourth-order valence-corrected chi connectivity index (χ4v) is 1.67. The maximum absolute atomic E-state index is 10.6. The topological polar surface area (TPSA) is 70.8 Å². The van der Waals surface area contributed by atoms with Gasteiger partial charge in [-0.3, -0.25) is 10.1 Å². The Morgan fingerprint density at radius 2 is 1.76 bits per heavy atom. The largest absolute Gasteiger partial charge is 0.307 e. The lowest BCUT2D eigenvalue weighted by Gasteiger charge is -2.03. The van der Waals surface area contributed by atoms with E-state index < -0.39 is 4.92 Å². The molecule has 6 nitrogen and oxygen atoms in total. The third kappa shape index (κ3) is 4.32. The number of hydrogen-bond acceptors (Lipinski definition) is 6. The molecule has 21 heavy (non-hydrogen) atoms. The maximum Gasteiger partial charge on any atom is 0.269 e. The molecule has 0 aliphatic carbocycles. The minimum atomic E-state index is -0.439. The molecule has 0 saturated heterocycles. The smallest absolute Gasteiger partial charge is 0.269 e. The first kappa shape index (κ1) is 15.0. The van der Waals surface area contributed by atoms with Gasteiger partial charge in [0.25, 0.3) is 5.69 Å². The number of nitrogens with zero attached hydrogens (tertiary/aromatic N) is 1. The van der Waals surface area contributed by atoms with E-state index in [0.717, 1.165) is 11.1 Å². The highest BCUT2D eigenvalue weighted by Gasteiger charge is 2.03. The van der Waals surface area contributed by atoms with Crippen LogP contribution in [-0.4, -0.2) is 4.92 Å². The van der Waals surface area contributed by atoms with Crippen LogP contribution < -0.4 is 4.89 Å². The van der Waals surface area contributed by atoms with Crippen LogP contribution in [0.15, 0.2) is 48.5 Å². The highest BCUT2D eigenvalue weighted by Crippen LogP contribution is 2.21. The van der Waals surface area contributed by atoms with Crippen molar-refractivity contribution in [2.75, 3.05) is 0 Å². The summed E-state index contributed by atoms with van der Waals surface area (Å²) < 4.78 is 4.08. The lowest BCUT2D eigenvalue weighted by molar-refractivity contribution is -0.402. The molecule has 0 atom stereocenters. The summed E-state index contributed by atoms with van der Waals surface area (Å²) >= 11 is 3.40. The van der Waals surface area contributed by atoms with Gasteiger partial charge in [0.1, 0.15) is 0 Å². The summed E-state index contributed by atoms with van der Waals surface area (Å²) in [6.07, 6.45) is 3.59. The van der Waals surface area contributed by atoms with Gasteiger partial charge in [-0.25, -0.2) is 0 Å². The second kappa shape index (κ2) is 7.44. The molecular weight excluding hydrogens is 294 g/mol. The molecule has 2 aromatic carbocycles. The molecule has 0 N–H and O–H groups in total. The first-order chi connectivity index (χ1) is 10.2. The first-order valence-electron chi connectivity index (χ1n) is 5.87. The van der Waals surface area contributed by atoms with Gasteiger partial charge in [-0.15, -0.1) is 4.33 Å². The van der Waals surface area contributed by atoms with Crippen molar-refractivity contribution in [2.24, 2.45) is 0 Å². The van der Waals surface area contributed by atoms with Gasteiger partial charge < -0.3 is 4.89 Å². The molecule has 7 heteroatoms. The molecule has 0 bridgehead atoms. The molecule has 0 heterocycles. The van der Waals surface area contributed by atoms with Crippen LogP contribution in [0.2, 0.25) is 0 Å². The van der Waals surface area contributed by atoms with Crippen LogP contribution in [0.4, 0.5) is 5.69 Å². The second-order valence-electron chi connectivity index (χ2n) is 3.95. The van der Waals surface area contributed by atoms with Crippen LogP contribution in [0.5, 0.6) is 5.75 Å². The Labute approximate surface area is 126 Å². The van der Waals surface area contributed by atoms with Crippen LogP contribution >= 0.6 is 12.9 Å². The normalized spacial score (nSPS) is 10.7. The molecule has 0 amide bonds. The van der Waals surface area contributed by atoms with Gasteiger partial charge in [0.05, 0.1) is 4.92 Å². The number of thiol groups is 1. The standard InChI is InChI=1S/C14H11NO5S/c16-15(17)13-9-6-11(7-10-13)5-8-12-3-1-2-4-14(12)18-19-20-21/h1-10,21H. The van der Waals surface area contributed by atoms with Gasteiger partial charge in [-0.2, -0.15) is 0 Å². The van der Waals surface area contributed by atoms with Gasteiger partial charge in [0.15, 0.2) is 5.75 Å². The average molecular weight is 305 g/mol. The van der Waals surface area contributed by atoms with E-state index >= 15 is 0 Å². The Morgan fingerprint density at radius 3 is 2.43 bits per heavy atom. The van der Waals surface area contributed by atoms with Crippen molar-refractivity contribution >= 4 is 30.7 Å². The minimum absolute atomic E-state index is 0.0511. The van der Waals surface area contributed by atoms with Crippen LogP contribution in [0, 0.1) is 10.1 Å². The maximum atomic E-state index is 10.6. The zero-order chi connectivity index (χ0) is 15.1. The Hall–Kier alpha value is -2.35. The van der Waals surface area contributed by atoms with Crippen molar-refractivity contribution < 1.29 is 19.2 Å². The lowest BCUT2D eigenvalue weighted by Crippen LogP contribution is -1.94. The van der Waals surface area contributed by atoms with E-state index in [0.29, 0.717) is 5.75 Å². The summed E-state index contributed by atoms with van der Waals surface area (Å²) in [6, 6.07) is 13.3. The molecule has 0 radical (unpaired) electrons. The van der Waals surface area contributed by atoms with E-state index in [9.17, 15) is 10.1 Å². The summed E-state index contributed by atoms with van der Waals surface area (Å²) in [6.45, 7) is 0. The quantitative estimate of drug-likeness (QED) is 0.219. The fraction of sp³-hybridized carbons (Fsp3) is 0. The predicted octanol–water partition coefficient (Wildman–Crippen LogP) is 3.85. The van der Waals surface area contributed by atoms with Gasteiger partial charge in [0.2, 0.25) is 0 Å². The van der Waals surface area contributed by atoms with E-state index in [1.54, 1.807) is 36.4 Å². The number of hydrogen-bond donors (Lipinski definition) is 1. The SMILES string of the molecule is O=[N+]([O-])c1ccc(C=Cc2ccccc2OOOS)cc1. The molecule has 0 fully saturated rings. The molecule has 0 aliphatic rings. The Bertz CT molecular complexity index is 642. The van der Waals surface area contributed by atoms with Gasteiger partial charge in [-0.05, 0) is 28.8 Å². The average Bonchev–Trinajstić information content (AvgIpc) is 2.52. The van der Waals surface area contributed by atoms with Gasteiger partial charge in [-0.1, -0.05) is 30.4 Å². The number of para-hydroxylation sites is 1. The van der Waals surface area contributed by atoms with E-state index in [1.165, 1.54) is 12.1 Å². The molecule has 0 unspecified atom stereocenters. The molecule has 0 spiro atoms. The molecule has 0 aliphatic heterocycles. The summed E-state index contributed by atoms with van der Waals surface area (Å²) in [5, 5.41) is 14.9. The summed E-state index contributed by atoms with van der Waals surface area (Å²) in [7, 11) is 0. The van der Waals surface area contributed by atoms with E-state index in [4.69, 9.17) is 4.89 Å². The molecule has 0 aromatic heterocycles. The number of nitro benzene ring substituents is 1. The minimum Gasteiger partial charge on any atom is -0.307 e. The van der Waals surface area contributed by atoms with Crippen molar-refractivity contribution in [1.82, 2.24) is 0 Å². The zero-order valence-corrected chi connectivity index (χ0v) is 11.6. The Kier molecular flexibility index (Phi) is 5.33. The summed E-state index contributed by atoms with van der Waals surface area (Å²) in [4.78, 5) is 15.0. The van der Waals surface area contributed by atoms with Gasteiger partial charge >= 0.3 is 0 Å². The van der Waals surface area contributed by atoms with Crippen LogP contribution in [0.25, 0.3) is 12.2 Å². The highest BCUT2D eigenvalue weighted by atomic mass is 32.1. The van der Waals surface area contributed by atoms with E-state index in [2.05, 4.69) is 22.3 Å². The molecule has 2 rings (SSSR count). The van der Waals surface area contributed by atoms with Gasteiger partial charge in [0, 0.05) is 30.6 Å². The summed E-state index contributed by atoms with van der Waals surface area (Å²) in [5.74, 6) is 0.449. The number of nitro groups is 1. The monoisotopic (exact) mass is 305 g/mol. The fourth-order valence-electron chi connectivity index (χ4n) is 1.64. The third-order valence-corrected chi connectivity index (χ3v) is 2.69. The van der Waals surface area contributed by atoms with Crippen LogP contribution in [0.1, 0.15) is 11.1 Å². The molecule has 2 aromatic rings. The molecule has 108 valence electrons. The van der Waals surface area contributed by atoms with Crippen molar-refractivity contribution in [2.45, 2.75) is 0 Å². The summed E-state index contributed by atoms with van der Waals surface area (Å²) in [5.41, 5.74) is 1.62. The molecular formula is C14H11NO5S. The Morgan fingerprint density at radius 1 is 1.05 bits per heavy atom. The predicted molar refractivity (Wildman–Crippen MR) is 80.3 cm³/mol. The first-order valence-corrected chi connectivity index (χ1v) is 6.23. The molecule has 0 saturated carbocycles. The third-order valence-electron chi connectivity index (χ3n) is 2.63. The number of non-ortho nitro benzene ring substituents is 1. The van der Waals surface area contributed by atoms with Crippen molar-refractivity contribution in [3.05, 3.63) is 69.8 Å². The number of rotatable bonds is 6. The highest BCUT2D eigenvalue weighted by molar-refractivity contribution is 7.74. The second-order valence-corrected chi connectivity index (χ2v) is 4.09. The van der Waals surface area contributed by atoms with Crippen LogP contribution in [-0.2, 0) is 9.37 Å². The number of benzene rings is 2. The van der Waals surface area contributed by atoms with E-state index in [-0.39, 0.29) is 5.69 Å². The Balaban J connectivity index is 2.15. The van der Waals surface area contributed by atoms with Crippen molar-refractivity contribution in [3.8, 4) is 5.75 Å². The lowest BCUT2D eigenvalue weighted by atomic mass is 10.1. The zero-order valence-electron chi connectivity index (χ0n) is 10.7.